The first-order valence-corrected chi connectivity index (χ1v) is 4.66. The average molecular weight is 181 g/mol. The second kappa shape index (κ2) is 3.47. The lowest BCUT2D eigenvalue weighted by molar-refractivity contribution is 0.263. The van der Waals surface area contributed by atoms with Crippen molar-refractivity contribution < 1.29 is 4.42 Å². The molecule has 0 spiro atoms. The molecule has 1 aliphatic heterocycles. The quantitative estimate of drug-likeness (QED) is 0.736. The second-order valence-corrected chi connectivity index (χ2v) is 3.51. The van der Waals surface area contributed by atoms with Crippen LogP contribution in [0.15, 0.2) is 10.6 Å². The van der Waals surface area contributed by atoms with Crippen molar-refractivity contribution in [2.45, 2.75) is 25.4 Å². The summed E-state index contributed by atoms with van der Waals surface area (Å²) in [6.07, 6.45) is 4.09. The van der Waals surface area contributed by atoms with Crippen LogP contribution in [-0.2, 0) is 6.54 Å². The van der Waals surface area contributed by atoms with Crippen LogP contribution >= 0.6 is 0 Å². The van der Waals surface area contributed by atoms with E-state index in [0.29, 0.717) is 12.6 Å². The standard InChI is InChI=1S/C9H15N3O/c1-12-4-2-3-8(12)9-11-6-7(5-10)13-9/h6,8H,2-5,10H2,1H3. The third kappa shape index (κ3) is 1.59. The maximum atomic E-state index is 5.51. The maximum Gasteiger partial charge on any atom is 0.211 e. The monoisotopic (exact) mass is 181 g/mol. The summed E-state index contributed by atoms with van der Waals surface area (Å²) >= 11 is 0. The molecule has 0 aliphatic carbocycles. The van der Waals surface area contributed by atoms with E-state index in [1.807, 2.05) is 0 Å². The van der Waals surface area contributed by atoms with Gasteiger partial charge in [0.1, 0.15) is 5.76 Å². The first-order chi connectivity index (χ1) is 6.31. The predicted molar refractivity (Wildman–Crippen MR) is 49.0 cm³/mol. The minimum atomic E-state index is 0.361. The van der Waals surface area contributed by atoms with Gasteiger partial charge in [-0.3, -0.25) is 4.90 Å². The van der Waals surface area contributed by atoms with E-state index < -0.39 is 0 Å². The highest BCUT2D eigenvalue weighted by Crippen LogP contribution is 2.29. The molecule has 1 aliphatic rings. The van der Waals surface area contributed by atoms with Gasteiger partial charge < -0.3 is 10.2 Å². The van der Waals surface area contributed by atoms with E-state index in [0.717, 1.165) is 24.6 Å². The van der Waals surface area contributed by atoms with Gasteiger partial charge in [-0.05, 0) is 26.4 Å². The van der Waals surface area contributed by atoms with Gasteiger partial charge >= 0.3 is 0 Å². The van der Waals surface area contributed by atoms with Gasteiger partial charge in [-0.15, -0.1) is 0 Å². The molecule has 4 heteroatoms. The first kappa shape index (κ1) is 8.72. The van der Waals surface area contributed by atoms with Crippen molar-refractivity contribution in [3.8, 4) is 0 Å². The lowest BCUT2D eigenvalue weighted by Gasteiger charge is -2.15. The Labute approximate surface area is 77.7 Å². The summed E-state index contributed by atoms with van der Waals surface area (Å²) in [7, 11) is 2.10. The Morgan fingerprint density at radius 3 is 3.15 bits per heavy atom. The third-order valence-corrected chi connectivity index (χ3v) is 2.58. The van der Waals surface area contributed by atoms with Crippen molar-refractivity contribution in [2.24, 2.45) is 5.73 Å². The molecule has 0 bridgehead atoms. The van der Waals surface area contributed by atoms with Crippen LogP contribution in [0, 0.1) is 0 Å². The van der Waals surface area contributed by atoms with Crippen molar-refractivity contribution in [1.82, 2.24) is 9.88 Å². The second-order valence-electron chi connectivity index (χ2n) is 3.51. The molecule has 13 heavy (non-hydrogen) atoms. The summed E-state index contributed by atoms with van der Waals surface area (Å²) < 4.78 is 5.51. The summed E-state index contributed by atoms with van der Waals surface area (Å²) in [5.74, 6) is 1.59. The van der Waals surface area contributed by atoms with E-state index in [9.17, 15) is 0 Å². The number of rotatable bonds is 2. The van der Waals surface area contributed by atoms with Crippen LogP contribution in [0.1, 0.15) is 30.5 Å². The normalized spacial score (nSPS) is 24.0. The molecule has 2 rings (SSSR count). The predicted octanol–water partition coefficient (Wildman–Crippen LogP) is 0.900. The molecule has 2 N–H and O–H groups in total. The molecule has 1 aromatic rings. The minimum absolute atomic E-state index is 0.361. The maximum absolute atomic E-state index is 5.51. The van der Waals surface area contributed by atoms with Crippen LogP contribution in [0.2, 0.25) is 0 Å². The molecule has 2 heterocycles. The van der Waals surface area contributed by atoms with Crippen molar-refractivity contribution in [3.05, 3.63) is 17.8 Å². The van der Waals surface area contributed by atoms with Crippen LogP contribution in [0.4, 0.5) is 0 Å². The zero-order valence-corrected chi connectivity index (χ0v) is 7.86. The Morgan fingerprint density at radius 1 is 1.77 bits per heavy atom. The highest BCUT2D eigenvalue weighted by Gasteiger charge is 2.26. The average Bonchev–Trinajstić information content (AvgIpc) is 2.71. The lowest BCUT2D eigenvalue weighted by Crippen LogP contribution is -2.17. The largest absolute Gasteiger partial charge is 0.443 e. The molecule has 0 aromatic carbocycles. The molecule has 1 unspecified atom stereocenters. The fourth-order valence-corrected chi connectivity index (χ4v) is 1.79. The van der Waals surface area contributed by atoms with Gasteiger partial charge in [-0.2, -0.15) is 0 Å². The Hall–Kier alpha value is -0.870. The van der Waals surface area contributed by atoms with Crippen LogP contribution < -0.4 is 5.73 Å². The van der Waals surface area contributed by atoms with E-state index in [-0.39, 0.29) is 0 Å². The van der Waals surface area contributed by atoms with Gasteiger partial charge in [0, 0.05) is 0 Å². The number of nitrogens with two attached hydrogens (primary N) is 1. The van der Waals surface area contributed by atoms with Crippen LogP contribution in [0.25, 0.3) is 0 Å². The number of oxazole rings is 1. The minimum Gasteiger partial charge on any atom is -0.443 e. The number of hydrogen-bond donors (Lipinski definition) is 1. The van der Waals surface area contributed by atoms with E-state index in [1.54, 1.807) is 6.20 Å². The van der Waals surface area contributed by atoms with E-state index in [4.69, 9.17) is 10.2 Å². The molecule has 0 amide bonds. The van der Waals surface area contributed by atoms with Crippen molar-refractivity contribution in [1.29, 1.82) is 0 Å². The van der Waals surface area contributed by atoms with Gasteiger partial charge in [0.25, 0.3) is 0 Å². The van der Waals surface area contributed by atoms with Crippen LogP contribution in [0.5, 0.6) is 0 Å². The molecule has 1 atom stereocenters. The summed E-state index contributed by atoms with van der Waals surface area (Å²) in [4.78, 5) is 6.50. The molecule has 0 radical (unpaired) electrons. The molecular formula is C9H15N3O. The summed E-state index contributed by atoms with van der Waals surface area (Å²) in [5.41, 5.74) is 5.45. The van der Waals surface area contributed by atoms with Gasteiger partial charge in [0.15, 0.2) is 0 Å². The zero-order valence-electron chi connectivity index (χ0n) is 7.86. The van der Waals surface area contributed by atoms with Gasteiger partial charge in [0.05, 0.1) is 18.8 Å². The van der Waals surface area contributed by atoms with E-state index in [2.05, 4.69) is 16.9 Å². The molecule has 4 nitrogen and oxygen atoms in total. The number of aromatic nitrogens is 1. The number of nitrogens with zero attached hydrogens (tertiary/aromatic N) is 2. The van der Waals surface area contributed by atoms with Crippen LogP contribution in [-0.4, -0.2) is 23.5 Å². The number of likely N-dealkylation sites (tertiary alicyclic amines) is 1. The fraction of sp³-hybridized carbons (Fsp3) is 0.667. The molecule has 1 aromatic heterocycles. The number of hydrogen-bond acceptors (Lipinski definition) is 4. The Bertz CT molecular complexity index is 284. The summed E-state index contributed by atoms with van der Waals surface area (Å²) in [6, 6.07) is 0.361. The molecule has 1 fully saturated rings. The molecular weight excluding hydrogens is 166 g/mol. The summed E-state index contributed by atoms with van der Waals surface area (Å²) in [6.45, 7) is 1.56. The van der Waals surface area contributed by atoms with Gasteiger partial charge in [-0.25, -0.2) is 4.98 Å². The SMILES string of the molecule is CN1CCCC1c1ncc(CN)o1. The molecule has 0 saturated carbocycles. The topological polar surface area (TPSA) is 55.3 Å². The van der Waals surface area contributed by atoms with Crippen molar-refractivity contribution in [3.63, 3.8) is 0 Å². The Morgan fingerprint density at radius 2 is 2.62 bits per heavy atom. The lowest BCUT2D eigenvalue weighted by atomic mass is 10.2. The van der Waals surface area contributed by atoms with Crippen molar-refractivity contribution in [2.75, 3.05) is 13.6 Å². The highest BCUT2D eigenvalue weighted by atomic mass is 16.4. The first-order valence-electron chi connectivity index (χ1n) is 4.66. The third-order valence-electron chi connectivity index (χ3n) is 2.58. The Kier molecular flexibility index (Phi) is 2.33. The smallest absolute Gasteiger partial charge is 0.211 e. The van der Waals surface area contributed by atoms with Gasteiger partial charge in [-0.1, -0.05) is 0 Å². The zero-order chi connectivity index (χ0) is 9.26. The van der Waals surface area contributed by atoms with E-state index in [1.165, 1.54) is 6.42 Å². The van der Waals surface area contributed by atoms with Crippen LogP contribution in [0.3, 0.4) is 0 Å². The van der Waals surface area contributed by atoms with Gasteiger partial charge in [0.2, 0.25) is 5.89 Å². The van der Waals surface area contributed by atoms with E-state index >= 15 is 0 Å². The molecule has 72 valence electrons. The fourth-order valence-electron chi connectivity index (χ4n) is 1.79. The molecule has 1 saturated heterocycles. The Balaban J connectivity index is 2.15. The highest BCUT2D eigenvalue weighted by molar-refractivity contribution is 4.99. The van der Waals surface area contributed by atoms with Crippen molar-refractivity contribution >= 4 is 0 Å². The summed E-state index contributed by atoms with van der Waals surface area (Å²) in [5, 5.41) is 0.